The number of aromatic nitrogens is 7. The molecular formula is C15H12N8O2S. The molecule has 0 fully saturated rings. The van der Waals surface area contributed by atoms with Gasteiger partial charge in [0.1, 0.15) is 22.8 Å². The minimum atomic E-state index is -0.331. The molecule has 0 radical (unpaired) electrons. The SMILES string of the molecule is O=C(Cn1cnc2ccsc2c1=O)NCc1nc(-c2cnccn2)n[nH]1. The number of thiophene rings is 1. The van der Waals surface area contributed by atoms with E-state index in [2.05, 4.69) is 35.5 Å². The van der Waals surface area contributed by atoms with Crippen molar-refractivity contribution in [1.82, 2.24) is 40.0 Å². The number of hydrogen-bond acceptors (Lipinski definition) is 8. The molecule has 4 rings (SSSR count). The number of amides is 1. The van der Waals surface area contributed by atoms with Crippen LogP contribution in [0.4, 0.5) is 0 Å². The molecule has 1 amide bonds. The van der Waals surface area contributed by atoms with Gasteiger partial charge in [0.15, 0.2) is 0 Å². The molecule has 0 unspecified atom stereocenters. The summed E-state index contributed by atoms with van der Waals surface area (Å²) in [4.78, 5) is 40.8. The number of fused-ring (bicyclic) bond motifs is 1. The largest absolute Gasteiger partial charge is 0.347 e. The Labute approximate surface area is 150 Å². The van der Waals surface area contributed by atoms with Crippen molar-refractivity contribution >= 4 is 27.5 Å². The highest BCUT2D eigenvalue weighted by atomic mass is 32.1. The second kappa shape index (κ2) is 6.80. The highest BCUT2D eigenvalue weighted by Gasteiger charge is 2.11. The Kier molecular flexibility index (Phi) is 4.19. The minimum Gasteiger partial charge on any atom is -0.347 e. The molecule has 0 saturated heterocycles. The van der Waals surface area contributed by atoms with Crippen molar-refractivity contribution in [3.8, 4) is 11.5 Å². The first-order valence-corrected chi connectivity index (χ1v) is 8.45. The Morgan fingerprint density at radius 3 is 3.08 bits per heavy atom. The van der Waals surface area contributed by atoms with Crippen LogP contribution in [0.5, 0.6) is 0 Å². The fourth-order valence-electron chi connectivity index (χ4n) is 2.29. The topological polar surface area (TPSA) is 131 Å². The van der Waals surface area contributed by atoms with Gasteiger partial charge in [0, 0.05) is 12.4 Å². The zero-order valence-electron chi connectivity index (χ0n) is 13.3. The molecule has 11 heteroatoms. The first-order valence-electron chi connectivity index (χ1n) is 7.58. The van der Waals surface area contributed by atoms with E-state index in [4.69, 9.17) is 0 Å². The van der Waals surface area contributed by atoms with Crippen LogP contribution in [0.1, 0.15) is 5.82 Å². The van der Waals surface area contributed by atoms with E-state index in [0.29, 0.717) is 27.6 Å². The highest BCUT2D eigenvalue weighted by Crippen LogP contribution is 2.13. The van der Waals surface area contributed by atoms with Crippen LogP contribution in [0.2, 0.25) is 0 Å². The molecule has 0 aliphatic rings. The van der Waals surface area contributed by atoms with Crippen molar-refractivity contribution in [3.63, 3.8) is 0 Å². The average Bonchev–Trinajstić information content (AvgIpc) is 3.33. The number of hydrogen-bond donors (Lipinski definition) is 2. The highest BCUT2D eigenvalue weighted by molar-refractivity contribution is 7.17. The molecule has 4 aromatic rings. The van der Waals surface area contributed by atoms with Crippen LogP contribution >= 0.6 is 11.3 Å². The zero-order valence-corrected chi connectivity index (χ0v) is 14.1. The molecule has 0 aliphatic heterocycles. The molecule has 10 nitrogen and oxygen atoms in total. The molecule has 0 spiro atoms. The van der Waals surface area contributed by atoms with Crippen LogP contribution in [0.3, 0.4) is 0 Å². The van der Waals surface area contributed by atoms with Gasteiger partial charge in [0.05, 0.1) is 24.6 Å². The van der Waals surface area contributed by atoms with E-state index < -0.39 is 0 Å². The normalized spacial score (nSPS) is 10.9. The van der Waals surface area contributed by atoms with Crippen LogP contribution in [-0.4, -0.2) is 40.6 Å². The summed E-state index contributed by atoms with van der Waals surface area (Å²) in [6.07, 6.45) is 6.02. The summed E-state index contributed by atoms with van der Waals surface area (Å²) in [6, 6.07) is 1.77. The van der Waals surface area contributed by atoms with E-state index in [-0.39, 0.29) is 24.6 Å². The zero-order chi connectivity index (χ0) is 17.9. The maximum absolute atomic E-state index is 12.3. The van der Waals surface area contributed by atoms with E-state index >= 15 is 0 Å². The minimum absolute atomic E-state index is 0.120. The molecular weight excluding hydrogens is 356 g/mol. The molecule has 4 aromatic heterocycles. The van der Waals surface area contributed by atoms with E-state index in [9.17, 15) is 9.59 Å². The van der Waals surface area contributed by atoms with Gasteiger partial charge in [-0.15, -0.1) is 11.3 Å². The second-order valence-electron chi connectivity index (χ2n) is 5.29. The summed E-state index contributed by atoms with van der Waals surface area (Å²) in [7, 11) is 0. The molecule has 26 heavy (non-hydrogen) atoms. The lowest BCUT2D eigenvalue weighted by molar-refractivity contribution is -0.121. The fourth-order valence-corrected chi connectivity index (χ4v) is 3.08. The Morgan fingerprint density at radius 1 is 1.31 bits per heavy atom. The monoisotopic (exact) mass is 368 g/mol. The van der Waals surface area contributed by atoms with Crippen LogP contribution in [0.25, 0.3) is 21.7 Å². The Hall–Kier alpha value is -3.47. The third-order valence-electron chi connectivity index (χ3n) is 3.53. The van der Waals surface area contributed by atoms with Gasteiger partial charge in [0.2, 0.25) is 11.7 Å². The molecule has 0 aromatic carbocycles. The van der Waals surface area contributed by atoms with Gasteiger partial charge in [-0.05, 0) is 11.4 Å². The van der Waals surface area contributed by atoms with Gasteiger partial charge >= 0.3 is 0 Å². The number of aromatic amines is 1. The van der Waals surface area contributed by atoms with Gasteiger partial charge < -0.3 is 5.32 Å². The molecule has 4 heterocycles. The average molecular weight is 368 g/mol. The van der Waals surface area contributed by atoms with Crippen LogP contribution < -0.4 is 10.9 Å². The predicted octanol–water partition coefficient (Wildman–Crippen LogP) is 0.349. The first-order chi connectivity index (χ1) is 12.7. The summed E-state index contributed by atoms with van der Waals surface area (Å²) in [5.41, 5.74) is 0.933. The third-order valence-corrected chi connectivity index (χ3v) is 4.42. The summed E-state index contributed by atoms with van der Waals surface area (Å²) in [6.45, 7) is 0.0281. The lowest BCUT2D eigenvalue weighted by atomic mass is 10.4. The van der Waals surface area contributed by atoms with Crippen molar-refractivity contribution in [2.24, 2.45) is 0 Å². The number of nitrogens with one attached hydrogen (secondary N) is 2. The van der Waals surface area contributed by atoms with Gasteiger partial charge in [-0.1, -0.05) is 0 Å². The fraction of sp³-hybridized carbons (Fsp3) is 0.133. The Bertz CT molecular complexity index is 1120. The van der Waals surface area contributed by atoms with Crippen molar-refractivity contribution < 1.29 is 4.79 Å². The quantitative estimate of drug-likeness (QED) is 0.519. The first kappa shape index (κ1) is 16.0. The predicted molar refractivity (Wildman–Crippen MR) is 93.1 cm³/mol. The van der Waals surface area contributed by atoms with E-state index in [1.165, 1.54) is 22.2 Å². The number of nitrogens with zero attached hydrogens (tertiary/aromatic N) is 6. The van der Waals surface area contributed by atoms with Crippen molar-refractivity contribution in [2.45, 2.75) is 13.1 Å². The summed E-state index contributed by atoms with van der Waals surface area (Å²) >= 11 is 1.30. The number of rotatable bonds is 5. The van der Waals surface area contributed by atoms with Gasteiger partial charge in [-0.25, -0.2) is 15.0 Å². The lowest BCUT2D eigenvalue weighted by Crippen LogP contribution is -2.32. The Morgan fingerprint density at radius 2 is 2.23 bits per heavy atom. The molecule has 0 saturated carbocycles. The number of H-pyrrole nitrogens is 1. The van der Waals surface area contributed by atoms with E-state index in [1.807, 2.05) is 0 Å². The standard InChI is InChI=1S/C15H12N8O2S/c24-12(7-23-8-19-9-1-4-26-13(9)15(23)25)18-6-11-20-14(22-21-11)10-5-16-2-3-17-10/h1-5,8H,6-7H2,(H,18,24)(H,20,21,22). The number of carbonyl (C=O) groups excluding carboxylic acids is 1. The smallest absolute Gasteiger partial charge is 0.271 e. The Balaban J connectivity index is 1.40. The van der Waals surface area contributed by atoms with Gasteiger partial charge in [-0.2, -0.15) is 5.10 Å². The maximum atomic E-state index is 12.3. The van der Waals surface area contributed by atoms with E-state index in [1.54, 1.807) is 30.0 Å². The molecule has 0 bridgehead atoms. The molecule has 2 N–H and O–H groups in total. The van der Waals surface area contributed by atoms with Crippen molar-refractivity contribution in [2.75, 3.05) is 0 Å². The van der Waals surface area contributed by atoms with E-state index in [0.717, 1.165) is 0 Å². The third kappa shape index (κ3) is 3.19. The second-order valence-corrected chi connectivity index (χ2v) is 6.20. The van der Waals surface area contributed by atoms with Crippen LogP contribution in [0.15, 0.2) is 41.2 Å². The summed E-state index contributed by atoms with van der Waals surface area (Å²) < 4.78 is 1.81. The van der Waals surface area contributed by atoms with Gasteiger partial charge in [0.25, 0.3) is 5.56 Å². The molecule has 0 aliphatic carbocycles. The lowest BCUT2D eigenvalue weighted by Gasteiger charge is -2.05. The summed E-state index contributed by atoms with van der Waals surface area (Å²) in [5.74, 6) is 0.534. The maximum Gasteiger partial charge on any atom is 0.271 e. The molecule has 0 atom stereocenters. The summed E-state index contributed by atoms with van der Waals surface area (Å²) in [5, 5.41) is 11.3. The number of carbonyl (C=O) groups is 1. The van der Waals surface area contributed by atoms with Gasteiger partial charge in [-0.3, -0.25) is 24.2 Å². The van der Waals surface area contributed by atoms with Crippen LogP contribution in [-0.2, 0) is 17.9 Å². The van der Waals surface area contributed by atoms with Crippen molar-refractivity contribution in [3.05, 3.63) is 52.5 Å². The van der Waals surface area contributed by atoms with Crippen molar-refractivity contribution in [1.29, 1.82) is 0 Å². The molecule has 130 valence electrons. The van der Waals surface area contributed by atoms with Crippen LogP contribution in [0, 0.1) is 0 Å².